The fourth-order valence-electron chi connectivity index (χ4n) is 1.53. The third kappa shape index (κ3) is 2.53. The van der Waals surface area contributed by atoms with Gasteiger partial charge in [0.05, 0.1) is 0 Å². The van der Waals surface area contributed by atoms with E-state index in [9.17, 15) is 0 Å². The van der Waals surface area contributed by atoms with E-state index in [1.54, 1.807) is 0 Å². The third-order valence-corrected chi connectivity index (χ3v) is 3.76. The minimum atomic E-state index is 0.946. The highest BCUT2D eigenvalue weighted by Gasteiger charge is 2.20. The smallest absolute Gasteiger partial charge is 0.00501 e. The van der Waals surface area contributed by atoms with E-state index in [4.69, 9.17) is 0 Å². The molecule has 1 fully saturated rings. The van der Waals surface area contributed by atoms with Crippen LogP contribution >= 0.6 is 11.8 Å². The molecule has 1 aliphatic rings. The Labute approximate surface area is 68.8 Å². The molecular formula is C9H18S. The molecule has 60 valence electrons. The molecule has 0 saturated carbocycles. The van der Waals surface area contributed by atoms with Crippen molar-refractivity contribution >= 4 is 11.8 Å². The van der Waals surface area contributed by atoms with Crippen molar-refractivity contribution in [3.05, 3.63) is 0 Å². The number of rotatable bonds is 3. The second-order valence-electron chi connectivity index (χ2n) is 3.29. The van der Waals surface area contributed by atoms with Crippen LogP contribution in [0.5, 0.6) is 0 Å². The highest BCUT2D eigenvalue weighted by molar-refractivity contribution is 8.00. The van der Waals surface area contributed by atoms with Crippen LogP contribution in [0, 0.1) is 0 Å². The van der Waals surface area contributed by atoms with Crippen molar-refractivity contribution in [2.75, 3.05) is 0 Å². The first kappa shape index (κ1) is 8.45. The highest BCUT2D eigenvalue weighted by atomic mass is 32.2. The zero-order chi connectivity index (χ0) is 7.40. The van der Waals surface area contributed by atoms with Gasteiger partial charge in [0.25, 0.3) is 0 Å². The average Bonchev–Trinajstić information content (AvgIpc) is 2.31. The average molecular weight is 158 g/mol. The van der Waals surface area contributed by atoms with Crippen LogP contribution in [-0.2, 0) is 0 Å². The Morgan fingerprint density at radius 3 is 2.70 bits per heavy atom. The van der Waals surface area contributed by atoms with Crippen LogP contribution in [0.1, 0.15) is 46.0 Å². The fraction of sp³-hybridized carbons (Fsp3) is 1.00. The van der Waals surface area contributed by atoms with Gasteiger partial charge in [-0.25, -0.2) is 0 Å². The van der Waals surface area contributed by atoms with Gasteiger partial charge in [0.1, 0.15) is 0 Å². The summed E-state index contributed by atoms with van der Waals surface area (Å²) in [6, 6.07) is 0. The lowest BCUT2D eigenvalue weighted by molar-refractivity contribution is 0.650. The lowest BCUT2D eigenvalue weighted by atomic mass is 10.1. The van der Waals surface area contributed by atoms with E-state index >= 15 is 0 Å². The molecule has 0 radical (unpaired) electrons. The van der Waals surface area contributed by atoms with Crippen LogP contribution in [0.15, 0.2) is 0 Å². The standard InChI is InChI=1S/C9H18S/c1-3-4-5-9-7-6-8(2)10-9/h8-9H,3-7H2,1-2H3. The molecule has 0 aliphatic carbocycles. The molecule has 0 N–H and O–H groups in total. The van der Waals surface area contributed by atoms with Crippen LogP contribution in [0.4, 0.5) is 0 Å². The molecule has 0 amide bonds. The van der Waals surface area contributed by atoms with Gasteiger partial charge in [-0.2, -0.15) is 11.8 Å². The molecule has 0 spiro atoms. The summed E-state index contributed by atoms with van der Waals surface area (Å²) >= 11 is 2.21. The van der Waals surface area contributed by atoms with Crippen molar-refractivity contribution in [2.45, 2.75) is 56.5 Å². The molecule has 1 heteroatoms. The second kappa shape index (κ2) is 4.27. The van der Waals surface area contributed by atoms with Crippen LogP contribution in [0.25, 0.3) is 0 Å². The van der Waals surface area contributed by atoms with E-state index in [2.05, 4.69) is 25.6 Å². The van der Waals surface area contributed by atoms with Gasteiger partial charge >= 0.3 is 0 Å². The van der Waals surface area contributed by atoms with Crippen LogP contribution in [0.3, 0.4) is 0 Å². The van der Waals surface area contributed by atoms with Gasteiger partial charge in [0.15, 0.2) is 0 Å². The van der Waals surface area contributed by atoms with Crippen LogP contribution < -0.4 is 0 Å². The maximum absolute atomic E-state index is 2.36. The van der Waals surface area contributed by atoms with Gasteiger partial charge in [-0.15, -0.1) is 0 Å². The molecule has 0 aromatic heterocycles. The number of hydrogen-bond acceptors (Lipinski definition) is 1. The van der Waals surface area contributed by atoms with Crippen LogP contribution in [0.2, 0.25) is 0 Å². The van der Waals surface area contributed by atoms with Crippen LogP contribution in [-0.4, -0.2) is 10.5 Å². The van der Waals surface area contributed by atoms with Crippen molar-refractivity contribution in [1.82, 2.24) is 0 Å². The maximum atomic E-state index is 2.36. The van der Waals surface area contributed by atoms with E-state index in [-0.39, 0.29) is 0 Å². The Kier molecular flexibility index (Phi) is 3.61. The van der Waals surface area contributed by atoms with Crippen molar-refractivity contribution < 1.29 is 0 Å². The minimum Gasteiger partial charge on any atom is -0.155 e. The number of thioether (sulfide) groups is 1. The molecule has 1 heterocycles. The summed E-state index contributed by atoms with van der Waals surface area (Å²) < 4.78 is 0. The van der Waals surface area contributed by atoms with Crippen molar-refractivity contribution in [3.8, 4) is 0 Å². The Balaban J connectivity index is 2.06. The quantitative estimate of drug-likeness (QED) is 0.606. The Hall–Kier alpha value is 0.350. The molecule has 1 rings (SSSR count). The van der Waals surface area contributed by atoms with Crippen molar-refractivity contribution in [1.29, 1.82) is 0 Å². The normalized spacial score (nSPS) is 33.0. The first-order valence-electron chi connectivity index (χ1n) is 4.48. The van der Waals surface area contributed by atoms with Gasteiger partial charge in [-0.05, 0) is 19.3 Å². The van der Waals surface area contributed by atoms with E-state index in [1.165, 1.54) is 32.1 Å². The van der Waals surface area contributed by atoms with Gasteiger partial charge < -0.3 is 0 Å². The van der Waals surface area contributed by atoms with Gasteiger partial charge in [0.2, 0.25) is 0 Å². The molecule has 0 bridgehead atoms. The summed E-state index contributed by atoms with van der Waals surface area (Å²) in [5.41, 5.74) is 0. The number of unbranched alkanes of at least 4 members (excludes halogenated alkanes) is 1. The van der Waals surface area contributed by atoms with E-state index in [1.807, 2.05) is 0 Å². The summed E-state index contributed by atoms with van der Waals surface area (Å²) in [4.78, 5) is 0. The van der Waals surface area contributed by atoms with Gasteiger partial charge in [-0.3, -0.25) is 0 Å². The van der Waals surface area contributed by atoms with Gasteiger partial charge in [-0.1, -0.05) is 26.7 Å². The minimum absolute atomic E-state index is 0.946. The predicted molar refractivity (Wildman–Crippen MR) is 49.6 cm³/mol. The Morgan fingerprint density at radius 2 is 2.20 bits per heavy atom. The molecule has 10 heavy (non-hydrogen) atoms. The topological polar surface area (TPSA) is 0 Å². The van der Waals surface area contributed by atoms with Crippen molar-refractivity contribution in [3.63, 3.8) is 0 Å². The van der Waals surface area contributed by atoms with Gasteiger partial charge in [0, 0.05) is 10.5 Å². The zero-order valence-corrected chi connectivity index (χ0v) is 7.91. The summed E-state index contributed by atoms with van der Waals surface area (Å²) in [7, 11) is 0. The molecule has 0 aromatic carbocycles. The molecule has 1 aliphatic heterocycles. The predicted octanol–water partition coefficient (Wildman–Crippen LogP) is 3.46. The SMILES string of the molecule is CCCCC1CCC(C)S1. The summed E-state index contributed by atoms with van der Waals surface area (Å²) in [6.45, 7) is 4.64. The summed E-state index contributed by atoms with van der Waals surface area (Å²) in [5.74, 6) is 0. The summed E-state index contributed by atoms with van der Waals surface area (Å²) in [5, 5.41) is 1.96. The number of hydrogen-bond donors (Lipinski definition) is 0. The summed E-state index contributed by atoms with van der Waals surface area (Å²) in [6.07, 6.45) is 7.20. The van der Waals surface area contributed by atoms with Crippen molar-refractivity contribution in [2.24, 2.45) is 0 Å². The first-order valence-corrected chi connectivity index (χ1v) is 5.42. The fourth-order valence-corrected chi connectivity index (χ4v) is 3.03. The van der Waals surface area contributed by atoms with E-state index in [0.717, 1.165) is 10.5 Å². The molecule has 2 unspecified atom stereocenters. The zero-order valence-electron chi connectivity index (χ0n) is 7.10. The lowest BCUT2D eigenvalue weighted by Crippen LogP contribution is -1.95. The Bertz CT molecular complexity index is 90.7. The maximum Gasteiger partial charge on any atom is 0.00501 e. The Morgan fingerprint density at radius 1 is 1.40 bits per heavy atom. The molecule has 0 aromatic rings. The molecule has 1 saturated heterocycles. The molecule has 2 atom stereocenters. The highest BCUT2D eigenvalue weighted by Crippen LogP contribution is 2.35. The third-order valence-electron chi connectivity index (χ3n) is 2.20. The van der Waals surface area contributed by atoms with E-state index in [0.29, 0.717) is 0 Å². The first-order chi connectivity index (χ1) is 4.83. The molecular weight excluding hydrogens is 140 g/mol. The van der Waals surface area contributed by atoms with E-state index < -0.39 is 0 Å². The lowest BCUT2D eigenvalue weighted by Gasteiger charge is -2.06. The largest absolute Gasteiger partial charge is 0.155 e. The second-order valence-corrected chi connectivity index (χ2v) is 5.03. The monoisotopic (exact) mass is 158 g/mol. The molecule has 0 nitrogen and oxygen atoms in total.